The molecule has 4 rings (SSSR count). The van der Waals surface area contributed by atoms with E-state index < -0.39 is 5.41 Å². The Labute approximate surface area is 173 Å². The van der Waals surface area contributed by atoms with E-state index in [9.17, 15) is 10.1 Å². The summed E-state index contributed by atoms with van der Waals surface area (Å²) in [6, 6.07) is 11.7. The first-order valence-electron chi connectivity index (χ1n) is 9.36. The lowest BCUT2D eigenvalue weighted by Crippen LogP contribution is -2.45. The maximum Gasteiger partial charge on any atom is 0.244 e. The standard InChI is InChI=1S/C21H20ClN5O2/c1-29-18-11-16(4-5-17(18)22)21(14-23)6-9-26(10-7-21)19(28)13-27-20-15(12-25-27)3-2-8-24-20/h2-5,8,11-12H,6-7,9-10,13H2,1H3. The lowest BCUT2D eigenvalue weighted by atomic mass is 9.74. The van der Waals surface area contributed by atoms with Crippen LogP contribution in [0.3, 0.4) is 0 Å². The van der Waals surface area contributed by atoms with Crippen molar-refractivity contribution in [2.75, 3.05) is 20.2 Å². The Bertz CT molecular complexity index is 1100. The van der Waals surface area contributed by atoms with Crippen LogP contribution in [0.5, 0.6) is 5.75 Å². The molecule has 0 saturated carbocycles. The van der Waals surface area contributed by atoms with Gasteiger partial charge in [-0.1, -0.05) is 17.7 Å². The van der Waals surface area contributed by atoms with Gasteiger partial charge in [-0.3, -0.25) is 4.79 Å². The third kappa shape index (κ3) is 3.52. The number of piperidine rings is 1. The van der Waals surface area contributed by atoms with Gasteiger partial charge in [-0.2, -0.15) is 10.4 Å². The fourth-order valence-corrected chi connectivity index (χ4v) is 4.01. The number of amides is 1. The third-order valence-corrected chi connectivity index (χ3v) is 5.88. The molecule has 0 N–H and O–H groups in total. The van der Waals surface area contributed by atoms with Crippen LogP contribution in [0, 0.1) is 11.3 Å². The van der Waals surface area contributed by atoms with Crippen molar-refractivity contribution < 1.29 is 9.53 Å². The average molecular weight is 410 g/mol. The number of aromatic nitrogens is 3. The highest BCUT2D eigenvalue weighted by atomic mass is 35.5. The smallest absolute Gasteiger partial charge is 0.244 e. The van der Waals surface area contributed by atoms with Crippen molar-refractivity contribution in [3.63, 3.8) is 0 Å². The van der Waals surface area contributed by atoms with E-state index in [1.165, 1.54) is 0 Å². The molecule has 7 nitrogen and oxygen atoms in total. The number of hydrogen-bond acceptors (Lipinski definition) is 5. The highest BCUT2D eigenvalue weighted by molar-refractivity contribution is 6.32. The SMILES string of the molecule is COc1cc(C2(C#N)CCN(C(=O)Cn3ncc4cccnc43)CC2)ccc1Cl. The fourth-order valence-electron chi connectivity index (χ4n) is 3.82. The number of halogens is 1. The van der Waals surface area contributed by atoms with Gasteiger partial charge in [0, 0.05) is 24.7 Å². The van der Waals surface area contributed by atoms with Crippen LogP contribution >= 0.6 is 11.6 Å². The topological polar surface area (TPSA) is 84.0 Å². The summed E-state index contributed by atoms with van der Waals surface area (Å²) in [7, 11) is 1.55. The normalized spacial score (nSPS) is 15.8. The van der Waals surface area contributed by atoms with Gasteiger partial charge in [0.1, 0.15) is 12.3 Å². The number of benzene rings is 1. The molecule has 0 aliphatic carbocycles. The molecular weight excluding hydrogens is 390 g/mol. The van der Waals surface area contributed by atoms with E-state index in [1.54, 1.807) is 35.2 Å². The third-order valence-electron chi connectivity index (χ3n) is 5.57. The number of carbonyl (C=O) groups is 1. The van der Waals surface area contributed by atoms with E-state index in [2.05, 4.69) is 16.2 Å². The molecule has 29 heavy (non-hydrogen) atoms. The Kier molecular flexibility index (Phi) is 5.12. The maximum absolute atomic E-state index is 12.8. The van der Waals surface area contributed by atoms with Crippen molar-refractivity contribution in [3.05, 3.63) is 53.3 Å². The average Bonchev–Trinajstić information content (AvgIpc) is 3.17. The molecule has 148 valence electrons. The molecule has 1 amide bonds. The number of carbonyl (C=O) groups excluding carboxylic acids is 1. The van der Waals surface area contributed by atoms with Gasteiger partial charge < -0.3 is 9.64 Å². The quantitative estimate of drug-likeness (QED) is 0.660. The van der Waals surface area contributed by atoms with E-state index >= 15 is 0 Å². The summed E-state index contributed by atoms with van der Waals surface area (Å²) >= 11 is 6.12. The summed E-state index contributed by atoms with van der Waals surface area (Å²) < 4.78 is 6.92. The predicted molar refractivity (Wildman–Crippen MR) is 109 cm³/mol. The number of likely N-dealkylation sites (tertiary alicyclic amines) is 1. The Morgan fingerprint density at radius 1 is 1.34 bits per heavy atom. The molecule has 8 heteroatoms. The summed E-state index contributed by atoms with van der Waals surface area (Å²) in [6.07, 6.45) is 4.50. The van der Waals surface area contributed by atoms with Crippen molar-refractivity contribution in [2.45, 2.75) is 24.8 Å². The number of nitriles is 1. The molecule has 0 bridgehead atoms. The number of rotatable bonds is 4. The number of hydrogen-bond donors (Lipinski definition) is 0. The lowest BCUT2D eigenvalue weighted by Gasteiger charge is -2.37. The zero-order valence-electron chi connectivity index (χ0n) is 16.0. The zero-order valence-corrected chi connectivity index (χ0v) is 16.8. The Hall–Kier alpha value is -3.11. The van der Waals surface area contributed by atoms with E-state index in [4.69, 9.17) is 16.3 Å². The second-order valence-corrected chi connectivity index (χ2v) is 7.55. The van der Waals surface area contributed by atoms with Gasteiger partial charge in [0.05, 0.1) is 29.8 Å². The molecule has 1 saturated heterocycles. The Morgan fingerprint density at radius 2 is 2.14 bits per heavy atom. The van der Waals surface area contributed by atoms with E-state index in [0.717, 1.165) is 10.9 Å². The molecule has 3 aromatic rings. The van der Waals surface area contributed by atoms with Gasteiger partial charge in [-0.15, -0.1) is 0 Å². The minimum Gasteiger partial charge on any atom is -0.495 e. The number of ether oxygens (including phenoxy) is 1. The van der Waals surface area contributed by atoms with Crippen LogP contribution in [0.25, 0.3) is 11.0 Å². The van der Waals surface area contributed by atoms with E-state index in [-0.39, 0.29) is 12.5 Å². The highest BCUT2D eigenvalue weighted by Gasteiger charge is 2.38. The molecule has 1 aromatic carbocycles. The largest absolute Gasteiger partial charge is 0.495 e. The number of pyridine rings is 1. The number of fused-ring (bicyclic) bond motifs is 1. The summed E-state index contributed by atoms with van der Waals surface area (Å²) in [4.78, 5) is 18.9. The van der Waals surface area contributed by atoms with Crippen LogP contribution < -0.4 is 4.74 Å². The molecule has 2 aromatic heterocycles. The van der Waals surface area contributed by atoms with Crippen molar-refractivity contribution in [1.29, 1.82) is 5.26 Å². The van der Waals surface area contributed by atoms with Crippen LogP contribution in [0.4, 0.5) is 0 Å². The molecule has 3 heterocycles. The fraction of sp³-hybridized carbons (Fsp3) is 0.333. The molecule has 0 unspecified atom stereocenters. The van der Waals surface area contributed by atoms with Crippen molar-refractivity contribution in [3.8, 4) is 11.8 Å². The summed E-state index contributed by atoms with van der Waals surface area (Å²) in [6.45, 7) is 1.14. The van der Waals surface area contributed by atoms with Crippen LogP contribution in [0.15, 0.2) is 42.7 Å². The summed E-state index contributed by atoms with van der Waals surface area (Å²) in [5, 5.41) is 15.6. The first-order valence-corrected chi connectivity index (χ1v) is 9.74. The monoisotopic (exact) mass is 409 g/mol. The van der Waals surface area contributed by atoms with Crippen molar-refractivity contribution in [2.24, 2.45) is 0 Å². The molecular formula is C21H20ClN5O2. The summed E-state index contributed by atoms with van der Waals surface area (Å²) in [5.41, 5.74) is 0.905. The first-order chi connectivity index (χ1) is 14.1. The van der Waals surface area contributed by atoms with Gasteiger partial charge in [0.25, 0.3) is 0 Å². The number of nitrogens with zero attached hydrogens (tertiary/aromatic N) is 5. The van der Waals surface area contributed by atoms with Crippen molar-refractivity contribution in [1.82, 2.24) is 19.7 Å². The minimum atomic E-state index is -0.658. The minimum absolute atomic E-state index is 0.0270. The molecule has 0 atom stereocenters. The van der Waals surface area contributed by atoms with Gasteiger partial charge in [0.15, 0.2) is 5.65 Å². The molecule has 1 aliphatic rings. The lowest BCUT2D eigenvalue weighted by molar-refractivity contribution is -0.133. The zero-order chi connectivity index (χ0) is 20.4. The second kappa shape index (κ2) is 7.72. The highest BCUT2D eigenvalue weighted by Crippen LogP contribution is 2.38. The van der Waals surface area contributed by atoms with E-state index in [1.807, 2.05) is 24.3 Å². The van der Waals surface area contributed by atoms with Crippen LogP contribution in [0.2, 0.25) is 5.02 Å². The second-order valence-electron chi connectivity index (χ2n) is 7.14. The van der Waals surface area contributed by atoms with Gasteiger partial charge in [-0.05, 0) is 42.7 Å². The first kappa shape index (κ1) is 19.2. The Morgan fingerprint density at radius 3 is 2.86 bits per heavy atom. The van der Waals surface area contributed by atoms with Crippen LogP contribution in [-0.2, 0) is 16.8 Å². The number of methoxy groups -OCH3 is 1. The van der Waals surface area contributed by atoms with Gasteiger partial charge in [-0.25, -0.2) is 9.67 Å². The maximum atomic E-state index is 12.8. The molecule has 0 spiro atoms. The Balaban J connectivity index is 1.48. The molecule has 1 fully saturated rings. The van der Waals surface area contributed by atoms with Gasteiger partial charge in [0.2, 0.25) is 5.91 Å². The van der Waals surface area contributed by atoms with Crippen LogP contribution in [-0.4, -0.2) is 45.8 Å². The molecule has 1 aliphatic heterocycles. The van der Waals surface area contributed by atoms with Crippen molar-refractivity contribution >= 4 is 28.5 Å². The predicted octanol–water partition coefficient (Wildman–Crippen LogP) is 3.18. The van der Waals surface area contributed by atoms with E-state index in [0.29, 0.717) is 42.4 Å². The summed E-state index contributed by atoms with van der Waals surface area (Å²) in [5.74, 6) is 0.524. The van der Waals surface area contributed by atoms with Crippen LogP contribution in [0.1, 0.15) is 18.4 Å². The van der Waals surface area contributed by atoms with Gasteiger partial charge >= 0.3 is 0 Å². The molecule has 0 radical (unpaired) electrons.